The number of ketones is 1. The van der Waals surface area contributed by atoms with Crippen LogP contribution in [0.3, 0.4) is 0 Å². The summed E-state index contributed by atoms with van der Waals surface area (Å²) in [4.78, 5) is 14.1. The van der Waals surface area contributed by atoms with Crippen LogP contribution >= 0.6 is 0 Å². The summed E-state index contributed by atoms with van der Waals surface area (Å²) in [5.41, 5.74) is 4.15. The number of hydrogen-bond acceptors (Lipinski definition) is 2. The van der Waals surface area contributed by atoms with E-state index in [-0.39, 0.29) is 5.78 Å². The molecular formula is C19H21NO. The summed E-state index contributed by atoms with van der Waals surface area (Å²) in [6.07, 6.45) is 4.52. The standard InChI is InChI=1S/C19H21NO/c1-4-15-5-7-16(8-6-15)9-14-19(21)17-10-12-18(13-11-17)20(2)3/h5-14H,4H2,1-3H3. The van der Waals surface area contributed by atoms with Gasteiger partial charge in [-0.3, -0.25) is 4.79 Å². The lowest BCUT2D eigenvalue weighted by molar-refractivity contribution is 0.104. The minimum atomic E-state index is 0.0277. The average Bonchev–Trinajstić information content (AvgIpc) is 2.53. The van der Waals surface area contributed by atoms with E-state index in [1.807, 2.05) is 61.5 Å². The van der Waals surface area contributed by atoms with Crippen LogP contribution in [0.2, 0.25) is 0 Å². The maximum atomic E-state index is 12.1. The Morgan fingerprint density at radius 1 is 1.00 bits per heavy atom. The molecule has 0 aliphatic carbocycles. The highest BCUT2D eigenvalue weighted by Crippen LogP contribution is 2.13. The van der Waals surface area contributed by atoms with E-state index in [1.54, 1.807) is 6.08 Å². The van der Waals surface area contributed by atoms with Crippen LogP contribution in [0.25, 0.3) is 6.08 Å². The first-order chi connectivity index (χ1) is 10.1. The minimum Gasteiger partial charge on any atom is -0.378 e. The first kappa shape index (κ1) is 15.0. The summed E-state index contributed by atoms with van der Waals surface area (Å²) in [5, 5.41) is 0. The molecule has 0 N–H and O–H groups in total. The average molecular weight is 279 g/mol. The molecule has 21 heavy (non-hydrogen) atoms. The molecule has 0 aromatic heterocycles. The molecule has 0 aliphatic rings. The van der Waals surface area contributed by atoms with Gasteiger partial charge in [-0.1, -0.05) is 37.3 Å². The van der Waals surface area contributed by atoms with Gasteiger partial charge in [0.15, 0.2) is 5.78 Å². The van der Waals surface area contributed by atoms with Crippen LogP contribution in [0, 0.1) is 0 Å². The molecule has 2 aromatic rings. The third-order valence-electron chi connectivity index (χ3n) is 3.48. The maximum Gasteiger partial charge on any atom is 0.185 e. The Morgan fingerprint density at radius 2 is 1.62 bits per heavy atom. The van der Waals surface area contributed by atoms with E-state index >= 15 is 0 Å². The van der Waals surface area contributed by atoms with E-state index in [4.69, 9.17) is 0 Å². The number of rotatable bonds is 5. The molecule has 0 fully saturated rings. The van der Waals surface area contributed by atoms with Crippen molar-refractivity contribution < 1.29 is 4.79 Å². The highest BCUT2D eigenvalue weighted by Gasteiger charge is 2.02. The molecule has 0 saturated carbocycles. The lowest BCUT2D eigenvalue weighted by atomic mass is 10.1. The first-order valence-electron chi connectivity index (χ1n) is 7.19. The molecule has 2 rings (SSSR count). The summed E-state index contributed by atoms with van der Waals surface area (Å²) >= 11 is 0. The molecule has 0 spiro atoms. The molecule has 0 saturated heterocycles. The second kappa shape index (κ2) is 6.89. The summed E-state index contributed by atoms with van der Waals surface area (Å²) in [5.74, 6) is 0.0277. The summed E-state index contributed by atoms with van der Waals surface area (Å²) in [6.45, 7) is 2.13. The Morgan fingerprint density at radius 3 is 2.14 bits per heavy atom. The third kappa shape index (κ3) is 4.06. The largest absolute Gasteiger partial charge is 0.378 e. The molecule has 0 amide bonds. The van der Waals surface area contributed by atoms with Gasteiger partial charge in [-0.05, 0) is 47.9 Å². The van der Waals surface area contributed by atoms with Crippen LogP contribution in [-0.2, 0) is 6.42 Å². The highest BCUT2D eigenvalue weighted by molar-refractivity contribution is 6.06. The molecule has 108 valence electrons. The summed E-state index contributed by atoms with van der Waals surface area (Å²) < 4.78 is 0. The van der Waals surface area contributed by atoms with Crippen molar-refractivity contribution in [3.8, 4) is 0 Å². The Kier molecular flexibility index (Phi) is 4.94. The zero-order valence-electron chi connectivity index (χ0n) is 12.8. The zero-order valence-corrected chi connectivity index (χ0v) is 12.8. The normalized spacial score (nSPS) is 10.8. The van der Waals surface area contributed by atoms with Crippen molar-refractivity contribution in [2.24, 2.45) is 0 Å². The van der Waals surface area contributed by atoms with Gasteiger partial charge in [0.1, 0.15) is 0 Å². The monoisotopic (exact) mass is 279 g/mol. The van der Waals surface area contributed by atoms with Gasteiger partial charge in [-0.25, -0.2) is 0 Å². The second-order valence-electron chi connectivity index (χ2n) is 5.23. The molecule has 0 bridgehead atoms. The number of hydrogen-bond donors (Lipinski definition) is 0. The Balaban J connectivity index is 2.07. The number of allylic oxidation sites excluding steroid dienone is 1. The van der Waals surface area contributed by atoms with Crippen molar-refractivity contribution in [2.45, 2.75) is 13.3 Å². The number of nitrogens with zero attached hydrogens (tertiary/aromatic N) is 1. The lowest BCUT2D eigenvalue weighted by Gasteiger charge is -2.11. The van der Waals surface area contributed by atoms with Crippen molar-refractivity contribution in [2.75, 3.05) is 19.0 Å². The van der Waals surface area contributed by atoms with Crippen molar-refractivity contribution in [1.82, 2.24) is 0 Å². The lowest BCUT2D eigenvalue weighted by Crippen LogP contribution is -2.08. The topological polar surface area (TPSA) is 20.3 Å². The quantitative estimate of drug-likeness (QED) is 0.603. The second-order valence-corrected chi connectivity index (χ2v) is 5.23. The molecule has 0 unspecified atom stereocenters. The van der Waals surface area contributed by atoms with E-state index in [1.165, 1.54) is 5.56 Å². The highest BCUT2D eigenvalue weighted by atomic mass is 16.1. The fourth-order valence-corrected chi connectivity index (χ4v) is 2.06. The first-order valence-corrected chi connectivity index (χ1v) is 7.19. The van der Waals surface area contributed by atoms with Gasteiger partial charge < -0.3 is 4.90 Å². The SMILES string of the molecule is CCc1ccc(C=CC(=O)c2ccc(N(C)C)cc2)cc1. The van der Waals surface area contributed by atoms with Crippen molar-refractivity contribution >= 4 is 17.5 Å². The van der Waals surface area contributed by atoms with Crippen LogP contribution in [0.4, 0.5) is 5.69 Å². The van der Waals surface area contributed by atoms with Gasteiger partial charge in [-0.2, -0.15) is 0 Å². The van der Waals surface area contributed by atoms with E-state index in [0.717, 1.165) is 17.7 Å². The van der Waals surface area contributed by atoms with E-state index in [9.17, 15) is 4.79 Å². The molecule has 0 atom stereocenters. The van der Waals surface area contributed by atoms with Gasteiger partial charge >= 0.3 is 0 Å². The molecule has 2 heteroatoms. The predicted molar refractivity (Wildman–Crippen MR) is 90.0 cm³/mol. The fraction of sp³-hybridized carbons (Fsp3) is 0.211. The van der Waals surface area contributed by atoms with Gasteiger partial charge in [0.2, 0.25) is 0 Å². The molecular weight excluding hydrogens is 258 g/mol. The van der Waals surface area contributed by atoms with Crippen LogP contribution < -0.4 is 4.90 Å². The van der Waals surface area contributed by atoms with Gasteiger partial charge in [0.25, 0.3) is 0 Å². The smallest absolute Gasteiger partial charge is 0.185 e. The molecule has 2 aromatic carbocycles. The number of carbonyl (C=O) groups excluding carboxylic acids is 1. The van der Waals surface area contributed by atoms with Gasteiger partial charge in [0.05, 0.1) is 0 Å². The van der Waals surface area contributed by atoms with Crippen LogP contribution in [0.15, 0.2) is 54.6 Å². The number of carbonyl (C=O) groups is 1. The van der Waals surface area contributed by atoms with Crippen LogP contribution in [0.5, 0.6) is 0 Å². The van der Waals surface area contributed by atoms with Gasteiger partial charge in [-0.15, -0.1) is 0 Å². The van der Waals surface area contributed by atoms with Gasteiger partial charge in [0, 0.05) is 25.3 Å². The summed E-state index contributed by atoms with van der Waals surface area (Å²) in [7, 11) is 3.97. The van der Waals surface area contributed by atoms with E-state index in [0.29, 0.717) is 5.56 Å². The fourth-order valence-electron chi connectivity index (χ4n) is 2.06. The zero-order chi connectivity index (χ0) is 15.2. The van der Waals surface area contributed by atoms with E-state index < -0.39 is 0 Å². The Hall–Kier alpha value is -2.35. The van der Waals surface area contributed by atoms with E-state index in [2.05, 4.69) is 19.1 Å². The minimum absolute atomic E-state index is 0.0277. The van der Waals surface area contributed by atoms with Crippen molar-refractivity contribution in [3.05, 3.63) is 71.3 Å². The molecule has 2 nitrogen and oxygen atoms in total. The van der Waals surface area contributed by atoms with Crippen LogP contribution in [0.1, 0.15) is 28.4 Å². The Bertz CT molecular complexity index is 622. The van der Waals surface area contributed by atoms with Crippen molar-refractivity contribution in [3.63, 3.8) is 0 Å². The third-order valence-corrected chi connectivity index (χ3v) is 3.48. The van der Waals surface area contributed by atoms with Crippen LogP contribution in [-0.4, -0.2) is 19.9 Å². The Labute approximate surface area is 126 Å². The number of benzene rings is 2. The predicted octanol–water partition coefficient (Wildman–Crippen LogP) is 4.21. The summed E-state index contributed by atoms with van der Waals surface area (Å²) in [6, 6.07) is 15.9. The number of anilines is 1. The maximum absolute atomic E-state index is 12.1. The number of aryl methyl sites for hydroxylation is 1. The molecule has 0 radical (unpaired) electrons. The molecule has 0 heterocycles. The molecule has 0 aliphatic heterocycles. The van der Waals surface area contributed by atoms with Crippen molar-refractivity contribution in [1.29, 1.82) is 0 Å².